The molecule has 1 saturated carbocycles. The average molecular weight is 329 g/mol. The van der Waals surface area contributed by atoms with Gasteiger partial charge >= 0.3 is 0 Å². The Kier molecular flexibility index (Phi) is 5.37. The summed E-state index contributed by atoms with van der Waals surface area (Å²) in [6.45, 7) is 2.23. The maximum atomic E-state index is 13.6. The first-order valence-corrected chi connectivity index (χ1v) is 7.87. The molecule has 2 rings (SSSR count). The molecule has 0 aliphatic heterocycles. The van der Waals surface area contributed by atoms with Crippen molar-refractivity contribution in [3.05, 3.63) is 34.1 Å². The molecule has 0 radical (unpaired) electrons. The number of halogens is 2. The van der Waals surface area contributed by atoms with E-state index in [0.717, 1.165) is 10.0 Å². The molecule has 19 heavy (non-hydrogen) atoms. The average Bonchev–Trinajstić information content (AvgIpc) is 2.39. The molecule has 1 aromatic rings. The van der Waals surface area contributed by atoms with E-state index >= 15 is 0 Å². The fourth-order valence-corrected chi connectivity index (χ4v) is 3.89. The molecule has 0 amide bonds. The van der Waals surface area contributed by atoms with Gasteiger partial charge in [0, 0.05) is 10.5 Å². The number of nitrogens with one attached hydrogen (secondary N) is 1. The van der Waals surface area contributed by atoms with Crippen LogP contribution in [0.25, 0.3) is 0 Å². The van der Waals surface area contributed by atoms with Gasteiger partial charge in [-0.05, 0) is 42.0 Å². The minimum Gasteiger partial charge on any atom is -0.271 e. The lowest BCUT2D eigenvalue weighted by atomic mass is 9.72. The quantitative estimate of drug-likeness (QED) is 0.638. The predicted octanol–water partition coefficient (Wildman–Crippen LogP) is 4.31. The van der Waals surface area contributed by atoms with Gasteiger partial charge in [-0.15, -0.1) is 0 Å². The van der Waals surface area contributed by atoms with Crippen molar-refractivity contribution in [2.24, 2.45) is 17.7 Å². The van der Waals surface area contributed by atoms with Gasteiger partial charge < -0.3 is 0 Å². The highest BCUT2D eigenvalue weighted by Crippen LogP contribution is 2.40. The SMILES string of the molecule is CCC1CCCCC1C(NN)c1cc(F)cc(Br)c1. The number of hydrazine groups is 1. The van der Waals surface area contributed by atoms with E-state index in [-0.39, 0.29) is 11.9 Å². The van der Waals surface area contributed by atoms with Gasteiger partial charge in [-0.25, -0.2) is 4.39 Å². The minimum atomic E-state index is -0.214. The molecule has 2 nitrogen and oxygen atoms in total. The zero-order valence-electron chi connectivity index (χ0n) is 11.3. The van der Waals surface area contributed by atoms with Crippen molar-refractivity contribution in [1.82, 2.24) is 5.43 Å². The van der Waals surface area contributed by atoms with Crippen LogP contribution in [0.3, 0.4) is 0 Å². The van der Waals surface area contributed by atoms with Gasteiger partial charge in [0.1, 0.15) is 5.82 Å². The van der Waals surface area contributed by atoms with Crippen molar-refractivity contribution in [2.75, 3.05) is 0 Å². The summed E-state index contributed by atoms with van der Waals surface area (Å²) < 4.78 is 14.3. The van der Waals surface area contributed by atoms with Crippen LogP contribution in [0.5, 0.6) is 0 Å². The normalized spacial score (nSPS) is 25.3. The van der Waals surface area contributed by atoms with Gasteiger partial charge in [-0.1, -0.05) is 48.5 Å². The third-order valence-electron chi connectivity index (χ3n) is 4.34. The molecule has 3 N–H and O–H groups in total. The molecule has 3 atom stereocenters. The Morgan fingerprint density at radius 2 is 2.11 bits per heavy atom. The van der Waals surface area contributed by atoms with E-state index in [1.165, 1.54) is 38.2 Å². The molecule has 106 valence electrons. The molecular formula is C15H22BrFN2. The molecule has 1 fully saturated rings. The molecule has 0 saturated heterocycles. The van der Waals surface area contributed by atoms with Gasteiger partial charge in [-0.2, -0.15) is 0 Å². The number of hydrogen-bond acceptors (Lipinski definition) is 2. The largest absolute Gasteiger partial charge is 0.271 e. The first kappa shape index (κ1) is 14.9. The molecule has 0 bridgehead atoms. The van der Waals surface area contributed by atoms with Crippen molar-refractivity contribution < 1.29 is 4.39 Å². The molecule has 1 aromatic carbocycles. The van der Waals surface area contributed by atoms with Gasteiger partial charge in [0.25, 0.3) is 0 Å². The van der Waals surface area contributed by atoms with Gasteiger partial charge in [0.05, 0.1) is 0 Å². The van der Waals surface area contributed by atoms with Crippen molar-refractivity contribution in [3.63, 3.8) is 0 Å². The molecule has 0 spiro atoms. The lowest BCUT2D eigenvalue weighted by molar-refractivity contribution is 0.176. The van der Waals surface area contributed by atoms with E-state index in [1.807, 2.05) is 6.07 Å². The van der Waals surface area contributed by atoms with Crippen LogP contribution in [0.15, 0.2) is 22.7 Å². The van der Waals surface area contributed by atoms with Gasteiger partial charge in [0.2, 0.25) is 0 Å². The summed E-state index contributed by atoms with van der Waals surface area (Å²) in [5.74, 6) is 6.73. The number of benzene rings is 1. The lowest BCUT2D eigenvalue weighted by Gasteiger charge is -2.36. The van der Waals surface area contributed by atoms with Crippen molar-refractivity contribution in [2.45, 2.75) is 45.1 Å². The van der Waals surface area contributed by atoms with Crippen molar-refractivity contribution in [1.29, 1.82) is 0 Å². The number of nitrogens with two attached hydrogens (primary N) is 1. The fourth-order valence-electron chi connectivity index (χ4n) is 3.40. The van der Waals surface area contributed by atoms with E-state index in [2.05, 4.69) is 28.3 Å². The summed E-state index contributed by atoms with van der Waals surface area (Å²) >= 11 is 3.36. The smallest absolute Gasteiger partial charge is 0.124 e. The minimum absolute atomic E-state index is 0.0391. The maximum absolute atomic E-state index is 13.6. The lowest BCUT2D eigenvalue weighted by Crippen LogP contribution is -2.38. The van der Waals surface area contributed by atoms with Crippen LogP contribution < -0.4 is 11.3 Å². The molecule has 0 aromatic heterocycles. The van der Waals surface area contributed by atoms with E-state index in [1.54, 1.807) is 6.07 Å². The van der Waals surface area contributed by atoms with Crippen LogP contribution in [-0.2, 0) is 0 Å². The van der Waals surface area contributed by atoms with Crippen LogP contribution >= 0.6 is 15.9 Å². The van der Waals surface area contributed by atoms with Crippen LogP contribution in [0.4, 0.5) is 4.39 Å². The zero-order chi connectivity index (χ0) is 13.8. The third kappa shape index (κ3) is 3.56. The van der Waals surface area contributed by atoms with Crippen LogP contribution in [0.2, 0.25) is 0 Å². The molecule has 1 aliphatic carbocycles. The standard InChI is InChI=1S/C15H22BrFN2/c1-2-10-5-3-4-6-14(10)15(19-18)11-7-12(16)9-13(17)8-11/h7-10,14-15,19H,2-6,18H2,1H3. The molecule has 1 aliphatic rings. The Labute approximate surface area is 123 Å². The van der Waals surface area contributed by atoms with Gasteiger partial charge in [0.15, 0.2) is 0 Å². The summed E-state index contributed by atoms with van der Waals surface area (Å²) in [4.78, 5) is 0. The fraction of sp³-hybridized carbons (Fsp3) is 0.600. The van der Waals surface area contributed by atoms with E-state index < -0.39 is 0 Å². The van der Waals surface area contributed by atoms with Crippen molar-refractivity contribution in [3.8, 4) is 0 Å². The molecule has 0 heterocycles. The van der Waals surface area contributed by atoms with Crippen LogP contribution in [0, 0.1) is 17.7 Å². The Hall–Kier alpha value is -0.450. The van der Waals surface area contributed by atoms with Crippen molar-refractivity contribution >= 4 is 15.9 Å². The summed E-state index contributed by atoms with van der Waals surface area (Å²) in [6, 6.07) is 5.08. The van der Waals surface area contributed by atoms with Gasteiger partial charge in [-0.3, -0.25) is 11.3 Å². The third-order valence-corrected chi connectivity index (χ3v) is 4.80. The Morgan fingerprint density at radius 3 is 2.74 bits per heavy atom. The van der Waals surface area contributed by atoms with E-state index in [0.29, 0.717) is 11.8 Å². The summed E-state index contributed by atoms with van der Waals surface area (Å²) in [6.07, 6.45) is 6.14. The van der Waals surface area contributed by atoms with E-state index in [9.17, 15) is 4.39 Å². The Bertz CT molecular complexity index is 404. The molecule has 3 unspecified atom stereocenters. The highest BCUT2D eigenvalue weighted by Gasteiger charge is 2.31. The Morgan fingerprint density at radius 1 is 1.37 bits per heavy atom. The highest BCUT2D eigenvalue weighted by molar-refractivity contribution is 9.10. The summed E-state index contributed by atoms with van der Waals surface area (Å²) in [5, 5.41) is 0. The zero-order valence-corrected chi connectivity index (χ0v) is 12.9. The van der Waals surface area contributed by atoms with Crippen LogP contribution in [-0.4, -0.2) is 0 Å². The maximum Gasteiger partial charge on any atom is 0.124 e. The summed E-state index contributed by atoms with van der Waals surface area (Å²) in [7, 11) is 0. The summed E-state index contributed by atoms with van der Waals surface area (Å²) in [5.41, 5.74) is 3.86. The van der Waals surface area contributed by atoms with E-state index in [4.69, 9.17) is 5.84 Å². The highest BCUT2D eigenvalue weighted by atomic mass is 79.9. The number of rotatable bonds is 4. The topological polar surface area (TPSA) is 38.0 Å². The molecule has 4 heteroatoms. The number of hydrogen-bond donors (Lipinski definition) is 2. The molecular weight excluding hydrogens is 307 g/mol. The first-order valence-electron chi connectivity index (χ1n) is 7.07. The monoisotopic (exact) mass is 328 g/mol. The second-order valence-corrected chi connectivity index (χ2v) is 6.38. The predicted molar refractivity (Wildman–Crippen MR) is 79.9 cm³/mol. The van der Waals surface area contributed by atoms with Crippen LogP contribution in [0.1, 0.15) is 50.6 Å². The second-order valence-electron chi connectivity index (χ2n) is 5.46. The first-order chi connectivity index (χ1) is 9.15. The second kappa shape index (κ2) is 6.82. The Balaban J connectivity index is 2.27.